The summed E-state index contributed by atoms with van der Waals surface area (Å²) in [5.74, 6) is 0.253. The van der Waals surface area contributed by atoms with E-state index in [1.54, 1.807) is 6.92 Å². The summed E-state index contributed by atoms with van der Waals surface area (Å²) in [6.45, 7) is 24.5. The highest BCUT2D eigenvalue weighted by atomic mass is 28.4. The van der Waals surface area contributed by atoms with E-state index in [0.717, 1.165) is 32.2 Å². The van der Waals surface area contributed by atoms with Gasteiger partial charge < -0.3 is 14.5 Å². The maximum absolute atomic E-state index is 13.7. The molecule has 2 rings (SSSR count). The minimum Gasteiger partial charge on any atom is -0.459 e. The first-order chi connectivity index (χ1) is 17.9. The van der Waals surface area contributed by atoms with Crippen molar-refractivity contribution in [1.29, 1.82) is 0 Å². The first kappa shape index (κ1) is 33.5. The lowest BCUT2D eigenvalue weighted by Crippen LogP contribution is -2.54. The lowest BCUT2D eigenvalue weighted by molar-refractivity contribution is -0.161. The number of rotatable bonds is 12. The van der Waals surface area contributed by atoms with Gasteiger partial charge in [-0.3, -0.25) is 14.5 Å². The molecule has 1 fully saturated rings. The molecule has 6 nitrogen and oxygen atoms in total. The second-order valence-corrected chi connectivity index (χ2v) is 18.9. The molecule has 1 aliphatic heterocycles. The van der Waals surface area contributed by atoms with Gasteiger partial charge in [0.05, 0.1) is 0 Å². The fraction of sp³-hybridized carbons (Fsp3) is 0.750. The van der Waals surface area contributed by atoms with Crippen LogP contribution >= 0.6 is 0 Å². The van der Waals surface area contributed by atoms with Crippen LogP contribution in [-0.2, 0) is 25.2 Å². The quantitative estimate of drug-likeness (QED) is 0.231. The summed E-state index contributed by atoms with van der Waals surface area (Å²) in [7, 11) is -1.92. The number of hydrogen-bond acceptors (Lipinski definition) is 5. The van der Waals surface area contributed by atoms with E-state index in [1.165, 1.54) is 5.56 Å². The van der Waals surface area contributed by atoms with Gasteiger partial charge in [-0.05, 0) is 82.5 Å². The van der Waals surface area contributed by atoms with Crippen molar-refractivity contribution in [2.45, 2.75) is 130 Å². The van der Waals surface area contributed by atoms with Crippen LogP contribution in [0.25, 0.3) is 0 Å². The van der Waals surface area contributed by atoms with Crippen molar-refractivity contribution >= 4 is 20.2 Å². The van der Waals surface area contributed by atoms with Crippen LogP contribution in [0, 0.1) is 11.8 Å². The normalized spacial score (nSPS) is 21.3. The highest BCUT2D eigenvalue weighted by Crippen LogP contribution is 2.39. The number of nitrogens with zero attached hydrogens (tertiary/aromatic N) is 1. The number of ether oxygens (including phenoxy) is 1. The first-order valence-electron chi connectivity index (χ1n) is 14.9. The Hall–Kier alpha value is -1.70. The number of carbonyl (C=O) groups is 2. The maximum Gasteiger partial charge on any atom is 0.323 e. The summed E-state index contributed by atoms with van der Waals surface area (Å²) in [5, 5.41) is 3.30. The number of amides is 1. The fourth-order valence-electron chi connectivity index (χ4n) is 5.49. The summed E-state index contributed by atoms with van der Waals surface area (Å²) < 4.78 is 12.6. The molecule has 0 aromatic heterocycles. The van der Waals surface area contributed by atoms with Gasteiger partial charge in [-0.15, -0.1) is 0 Å². The van der Waals surface area contributed by atoms with E-state index in [1.807, 2.05) is 26.8 Å². The van der Waals surface area contributed by atoms with Crippen LogP contribution in [0.4, 0.5) is 0 Å². The molecule has 7 heteroatoms. The van der Waals surface area contributed by atoms with Crippen LogP contribution in [0.2, 0.25) is 18.1 Å². The molecule has 0 spiro atoms. The number of nitrogens with one attached hydrogen (secondary N) is 1. The molecular weight excluding hydrogens is 504 g/mol. The Balaban J connectivity index is 2.47. The van der Waals surface area contributed by atoms with Gasteiger partial charge in [0.15, 0.2) is 8.32 Å². The zero-order chi connectivity index (χ0) is 29.6. The Bertz CT molecular complexity index is 922. The Morgan fingerprint density at radius 3 is 2.23 bits per heavy atom. The van der Waals surface area contributed by atoms with Gasteiger partial charge in [-0.25, -0.2) is 0 Å². The number of benzene rings is 1. The van der Waals surface area contributed by atoms with Crippen LogP contribution < -0.4 is 5.32 Å². The maximum atomic E-state index is 13.7. The molecule has 1 N–H and O–H groups in total. The largest absolute Gasteiger partial charge is 0.459 e. The molecular formula is C32H56N2O4Si. The Morgan fingerprint density at radius 2 is 1.72 bits per heavy atom. The van der Waals surface area contributed by atoms with Gasteiger partial charge in [-0.1, -0.05) is 64.4 Å². The van der Waals surface area contributed by atoms with Crippen molar-refractivity contribution in [3.63, 3.8) is 0 Å². The molecule has 1 aliphatic rings. The number of esters is 1. The predicted molar refractivity (Wildman–Crippen MR) is 163 cm³/mol. The third-order valence-corrected chi connectivity index (χ3v) is 13.0. The van der Waals surface area contributed by atoms with Crippen molar-refractivity contribution in [3.05, 3.63) is 35.9 Å². The van der Waals surface area contributed by atoms with Gasteiger partial charge in [0, 0.05) is 32.2 Å². The number of likely N-dealkylation sites (tertiary alicyclic amines) is 1. The molecule has 1 amide bonds. The summed E-state index contributed by atoms with van der Waals surface area (Å²) in [4.78, 5) is 28.2. The molecule has 0 aliphatic carbocycles. The summed E-state index contributed by atoms with van der Waals surface area (Å²) >= 11 is 0. The monoisotopic (exact) mass is 560 g/mol. The average molecular weight is 561 g/mol. The highest BCUT2D eigenvalue weighted by molar-refractivity contribution is 6.74. The molecule has 222 valence electrons. The zero-order valence-electron chi connectivity index (χ0n) is 26.6. The van der Waals surface area contributed by atoms with Crippen LogP contribution in [0.3, 0.4) is 0 Å². The van der Waals surface area contributed by atoms with Gasteiger partial charge >= 0.3 is 5.97 Å². The highest BCUT2D eigenvalue weighted by Gasteiger charge is 2.46. The topological polar surface area (TPSA) is 67.9 Å². The van der Waals surface area contributed by atoms with Crippen LogP contribution in [0.1, 0.15) is 87.1 Å². The Labute approximate surface area is 239 Å². The van der Waals surface area contributed by atoms with Gasteiger partial charge in [0.2, 0.25) is 5.91 Å². The molecule has 1 saturated heterocycles. The van der Waals surface area contributed by atoms with Crippen LogP contribution in [0.15, 0.2) is 30.3 Å². The molecule has 0 saturated carbocycles. The van der Waals surface area contributed by atoms with E-state index in [0.29, 0.717) is 6.61 Å². The SMILES string of the molecule is CCC[C@@H](C(C)NC(C)=O)[C@H](Cc1ccccc1)N1CC(CO[Si](C)(C)C(C)(C)C)CC1C(=O)OC(C)(C)C. The molecule has 39 heavy (non-hydrogen) atoms. The molecule has 1 aromatic rings. The van der Waals surface area contributed by atoms with Gasteiger partial charge in [-0.2, -0.15) is 0 Å². The second kappa shape index (κ2) is 13.8. The van der Waals surface area contributed by atoms with Crippen LogP contribution in [0.5, 0.6) is 0 Å². The third kappa shape index (κ3) is 10.0. The summed E-state index contributed by atoms with van der Waals surface area (Å²) in [6, 6.07) is 10.2. The molecule has 0 bridgehead atoms. The minimum absolute atomic E-state index is 0.0158. The fourth-order valence-corrected chi connectivity index (χ4v) is 6.57. The van der Waals surface area contributed by atoms with Gasteiger partial charge in [0.25, 0.3) is 0 Å². The van der Waals surface area contributed by atoms with Crippen molar-refractivity contribution in [2.75, 3.05) is 13.2 Å². The molecule has 1 heterocycles. The molecule has 0 radical (unpaired) electrons. The number of carbonyl (C=O) groups excluding carboxylic acids is 2. The lowest BCUT2D eigenvalue weighted by atomic mass is 9.83. The standard InChI is InChI=1S/C32H56N2O4Si/c1-12-16-27(23(2)33-24(3)35)28(19-25-17-14-13-15-18-25)34-21-26(22-37-39(10,11)32(7,8)9)20-29(34)30(36)38-31(4,5)6/h13-15,17-18,23,26-29H,12,16,19-22H2,1-11H3,(H,33,35)/t23?,26?,27-,28-,29?/m0/s1. The predicted octanol–water partition coefficient (Wildman–Crippen LogP) is 6.59. The number of hydrogen-bond donors (Lipinski definition) is 1. The minimum atomic E-state index is -1.92. The van der Waals surface area contributed by atoms with E-state index in [2.05, 4.69) is 82.2 Å². The second-order valence-electron chi connectivity index (χ2n) is 14.1. The molecule has 5 atom stereocenters. The summed E-state index contributed by atoms with van der Waals surface area (Å²) in [5.41, 5.74) is 0.683. The Kier molecular flexibility index (Phi) is 11.8. The van der Waals surface area contributed by atoms with E-state index in [4.69, 9.17) is 9.16 Å². The first-order valence-corrected chi connectivity index (χ1v) is 17.8. The Morgan fingerprint density at radius 1 is 1.10 bits per heavy atom. The molecule has 3 unspecified atom stereocenters. The smallest absolute Gasteiger partial charge is 0.323 e. The molecule has 1 aromatic carbocycles. The van der Waals surface area contributed by atoms with E-state index in [9.17, 15) is 9.59 Å². The van der Waals surface area contributed by atoms with Crippen molar-refractivity contribution in [1.82, 2.24) is 10.2 Å². The van der Waals surface area contributed by atoms with E-state index in [-0.39, 0.29) is 46.9 Å². The van der Waals surface area contributed by atoms with E-state index < -0.39 is 13.9 Å². The van der Waals surface area contributed by atoms with Crippen molar-refractivity contribution in [2.24, 2.45) is 11.8 Å². The zero-order valence-corrected chi connectivity index (χ0v) is 27.6. The van der Waals surface area contributed by atoms with Crippen molar-refractivity contribution in [3.8, 4) is 0 Å². The lowest BCUT2D eigenvalue weighted by Gasteiger charge is -2.41. The van der Waals surface area contributed by atoms with Crippen LogP contribution in [-0.4, -0.2) is 62.0 Å². The average Bonchev–Trinajstić information content (AvgIpc) is 3.23. The van der Waals surface area contributed by atoms with Gasteiger partial charge in [0.1, 0.15) is 11.6 Å². The van der Waals surface area contributed by atoms with E-state index >= 15 is 0 Å². The third-order valence-electron chi connectivity index (χ3n) is 8.49. The summed E-state index contributed by atoms with van der Waals surface area (Å²) in [6.07, 6.45) is 3.50. The van der Waals surface area contributed by atoms with Crippen molar-refractivity contribution < 1.29 is 18.8 Å².